The molecule has 1 rings (SSSR count). The minimum Gasteiger partial charge on any atom is -0.496 e. The second-order valence-electron chi connectivity index (χ2n) is 2.80. The van der Waals surface area contributed by atoms with Crippen LogP contribution in [-0.2, 0) is 6.42 Å². The van der Waals surface area contributed by atoms with Gasteiger partial charge in [-0.2, -0.15) is 5.26 Å². The first-order valence-electron chi connectivity index (χ1n) is 4.40. The van der Waals surface area contributed by atoms with E-state index >= 15 is 0 Å². The van der Waals surface area contributed by atoms with Crippen LogP contribution in [0.3, 0.4) is 0 Å². The first-order chi connectivity index (χ1) is 6.83. The van der Waals surface area contributed by atoms with Crippen molar-refractivity contribution >= 4 is 0 Å². The van der Waals surface area contributed by atoms with E-state index in [9.17, 15) is 0 Å². The Morgan fingerprint density at radius 1 is 1.21 bits per heavy atom. The van der Waals surface area contributed by atoms with Crippen molar-refractivity contribution in [2.24, 2.45) is 0 Å². The lowest BCUT2D eigenvalue weighted by Crippen LogP contribution is -1.96. The molecule has 0 aromatic heterocycles. The fourth-order valence-electron chi connectivity index (χ4n) is 1.36. The molecule has 0 fully saturated rings. The Hall–Kier alpha value is -1.69. The van der Waals surface area contributed by atoms with Gasteiger partial charge in [-0.05, 0) is 18.6 Å². The van der Waals surface area contributed by atoms with Crippen LogP contribution in [0.15, 0.2) is 18.2 Å². The molecule has 0 aliphatic rings. The quantitative estimate of drug-likeness (QED) is 0.732. The van der Waals surface area contributed by atoms with Crippen LogP contribution in [-0.4, -0.2) is 14.2 Å². The third kappa shape index (κ3) is 2.17. The van der Waals surface area contributed by atoms with Crippen LogP contribution in [0.5, 0.6) is 11.5 Å². The third-order valence-corrected chi connectivity index (χ3v) is 2.02. The van der Waals surface area contributed by atoms with Crippen LogP contribution < -0.4 is 9.47 Å². The predicted molar refractivity (Wildman–Crippen MR) is 53.5 cm³/mol. The van der Waals surface area contributed by atoms with Crippen molar-refractivity contribution in [1.29, 1.82) is 5.26 Å². The maximum Gasteiger partial charge on any atom is 0.125 e. The van der Waals surface area contributed by atoms with E-state index in [0.717, 1.165) is 17.1 Å². The maximum atomic E-state index is 8.52. The summed E-state index contributed by atoms with van der Waals surface area (Å²) in [5.74, 6) is 1.55. The standard InChI is InChI=1S/C11H13NO2/c1-13-10-6-3-7-11(14-2)9(10)5-4-8-12/h3,6-7H,4-5H2,1-2H3. The Balaban J connectivity index is 3.00. The lowest BCUT2D eigenvalue weighted by molar-refractivity contribution is 0.385. The second kappa shape index (κ2) is 5.13. The van der Waals surface area contributed by atoms with E-state index in [1.54, 1.807) is 14.2 Å². The molecule has 0 amide bonds. The molecule has 1 aromatic rings. The number of ether oxygens (including phenoxy) is 2. The van der Waals surface area contributed by atoms with Crippen LogP contribution in [0.25, 0.3) is 0 Å². The predicted octanol–water partition coefficient (Wildman–Crippen LogP) is 2.16. The van der Waals surface area contributed by atoms with Crippen molar-refractivity contribution in [1.82, 2.24) is 0 Å². The molecule has 74 valence electrons. The molecule has 1 aromatic carbocycles. The van der Waals surface area contributed by atoms with Gasteiger partial charge in [-0.1, -0.05) is 6.07 Å². The van der Waals surface area contributed by atoms with Gasteiger partial charge in [0, 0.05) is 12.0 Å². The molecule has 0 saturated carbocycles. The van der Waals surface area contributed by atoms with Gasteiger partial charge in [-0.3, -0.25) is 0 Å². The van der Waals surface area contributed by atoms with Crippen LogP contribution in [0.2, 0.25) is 0 Å². The van der Waals surface area contributed by atoms with E-state index in [2.05, 4.69) is 6.07 Å². The molecule has 0 N–H and O–H groups in total. The molecule has 0 bridgehead atoms. The molecule has 0 radical (unpaired) electrons. The SMILES string of the molecule is COc1cccc(OC)c1CCC#N. The average molecular weight is 191 g/mol. The van der Waals surface area contributed by atoms with Gasteiger partial charge in [-0.25, -0.2) is 0 Å². The summed E-state index contributed by atoms with van der Waals surface area (Å²) in [6, 6.07) is 7.72. The van der Waals surface area contributed by atoms with Crippen molar-refractivity contribution in [2.75, 3.05) is 14.2 Å². The Labute approximate surface area is 83.9 Å². The highest BCUT2D eigenvalue weighted by atomic mass is 16.5. The van der Waals surface area contributed by atoms with E-state index in [4.69, 9.17) is 14.7 Å². The van der Waals surface area contributed by atoms with Crippen LogP contribution >= 0.6 is 0 Å². The van der Waals surface area contributed by atoms with E-state index in [1.165, 1.54) is 0 Å². The van der Waals surface area contributed by atoms with Crippen molar-refractivity contribution in [3.63, 3.8) is 0 Å². The van der Waals surface area contributed by atoms with Crippen LogP contribution in [0.4, 0.5) is 0 Å². The molecule has 3 nitrogen and oxygen atoms in total. The summed E-state index contributed by atoms with van der Waals surface area (Å²) >= 11 is 0. The lowest BCUT2D eigenvalue weighted by atomic mass is 10.1. The van der Waals surface area contributed by atoms with Gasteiger partial charge >= 0.3 is 0 Å². The molecule has 0 heterocycles. The topological polar surface area (TPSA) is 42.2 Å². The smallest absolute Gasteiger partial charge is 0.125 e. The Morgan fingerprint density at radius 2 is 1.79 bits per heavy atom. The van der Waals surface area contributed by atoms with E-state index < -0.39 is 0 Å². The van der Waals surface area contributed by atoms with Gasteiger partial charge in [0.1, 0.15) is 11.5 Å². The summed E-state index contributed by atoms with van der Waals surface area (Å²) in [4.78, 5) is 0. The first-order valence-corrected chi connectivity index (χ1v) is 4.40. The Morgan fingerprint density at radius 3 is 2.21 bits per heavy atom. The van der Waals surface area contributed by atoms with E-state index in [-0.39, 0.29) is 0 Å². The number of hydrogen-bond donors (Lipinski definition) is 0. The number of nitrogens with zero attached hydrogens (tertiary/aromatic N) is 1. The lowest BCUT2D eigenvalue weighted by Gasteiger charge is -2.11. The molecule has 0 aliphatic carbocycles. The second-order valence-corrected chi connectivity index (χ2v) is 2.80. The third-order valence-electron chi connectivity index (χ3n) is 2.02. The van der Waals surface area contributed by atoms with Crippen molar-refractivity contribution in [3.05, 3.63) is 23.8 Å². The number of methoxy groups -OCH3 is 2. The zero-order valence-electron chi connectivity index (χ0n) is 8.41. The van der Waals surface area contributed by atoms with Crippen LogP contribution in [0.1, 0.15) is 12.0 Å². The summed E-state index contributed by atoms with van der Waals surface area (Å²) in [5.41, 5.74) is 0.957. The molecule has 0 aliphatic heterocycles. The fourth-order valence-corrected chi connectivity index (χ4v) is 1.36. The number of nitriles is 1. The minimum atomic E-state index is 0.469. The fraction of sp³-hybridized carbons (Fsp3) is 0.364. The summed E-state index contributed by atoms with van der Waals surface area (Å²) in [6.45, 7) is 0. The summed E-state index contributed by atoms with van der Waals surface area (Å²) in [5, 5.41) is 8.52. The zero-order chi connectivity index (χ0) is 10.4. The molecule has 14 heavy (non-hydrogen) atoms. The summed E-state index contributed by atoms with van der Waals surface area (Å²) in [6.07, 6.45) is 1.13. The molecule has 0 unspecified atom stereocenters. The van der Waals surface area contributed by atoms with Gasteiger partial charge in [0.15, 0.2) is 0 Å². The van der Waals surface area contributed by atoms with Gasteiger partial charge < -0.3 is 9.47 Å². The molecular formula is C11H13NO2. The minimum absolute atomic E-state index is 0.469. The first kappa shape index (κ1) is 10.4. The molecule has 3 heteroatoms. The zero-order valence-corrected chi connectivity index (χ0v) is 8.41. The highest BCUT2D eigenvalue weighted by Crippen LogP contribution is 2.29. The van der Waals surface area contributed by atoms with Crippen LogP contribution in [0, 0.1) is 11.3 Å². The molecular weight excluding hydrogens is 178 g/mol. The molecule has 0 atom stereocenters. The molecule has 0 saturated heterocycles. The van der Waals surface area contributed by atoms with Gasteiger partial charge in [0.05, 0.1) is 20.3 Å². The normalized spacial score (nSPS) is 9.21. The van der Waals surface area contributed by atoms with Crippen molar-refractivity contribution < 1.29 is 9.47 Å². The summed E-state index contributed by atoms with van der Waals surface area (Å²) in [7, 11) is 3.23. The van der Waals surface area contributed by atoms with E-state index in [0.29, 0.717) is 12.8 Å². The number of hydrogen-bond acceptors (Lipinski definition) is 3. The van der Waals surface area contributed by atoms with Crippen molar-refractivity contribution in [2.45, 2.75) is 12.8 Å². The van der Waals surface area contributed by atoms with Gasteiger partial charge in [0.2, 0.25) is 0 Å². The highest BCUT2D eigenvalue weighted by molar-refractivity contribution is 5.45. The van der Waals surface area contributed by atoms with E-state index in [1.807, 2.05) is 18.2 Å². The maximum absolute atomic E-state index is 8.52. The Bertz CT molecular complexity index is 319. The van der Waals surface area contributed by atoms with Gasteiger partial charge in [-0.15, -0.1) is 0 Å². The number of rotatable bonds is 4. The average Bonchev–Trinajstić information content (AvgIpc) is 2.25. The van der Waals surface area contributed by atoms with Gasteiger partial charge in [0.25, 0.3) is 0 Å². The largest absolute Gasteiger partial charge is 0.496 e. The summed E-state index contributed by atoms with van der Waals surface area (Å²) < 4.78 is 10.4. The molecule has 0 spiro atoms. The van der Waals surface area contributed by atoms with Crippen molar-refractivity contribution in [3.8, 4) is 17.6 Å². The Kier molecular flexibility index (Phi) is 3.81. The number of benzene rings is 1. The highest BCUT2D eigenvalue weighted by Gasteiger charge is 2.08. The monoisotopic (exact) mass is 191 g/mol.